The monoisotopic (exact) mass is 308 g/mol. The molecule has 2 aromatic rings. The zero-order valence-corrected chi connectivity index (χ0v) is 13.7. The van der Waals surface area contributed by atoms with E-state index >= 15 is 0 Å². The minimum Gasteiger partial charge on any atom is -0.463 e. The van der Waals surface area contributed by atoms with Crippen LogP contribution in [0.4, 0.5) is 0 Å². The predicted octanol–water partition coefficient (Wildman–Crippen LogP) is 5.74. The van der Waals surface area contributed by atoms with Crippen molar-refractivity contribution in [2.24, 2.45) is 10.2 Å². The van der Waals surface area contributed by atoms with Crippen LogP contribution in [0.15, 0.2) is 68.9 Å². The molecule has 1 aromatic heterocycles. The maximum Gasteiger partial charge on any atom is 0.146 e. The Hall–Kier alpha value is -2.42. The van der Waals surface area contributed by atoms with Crippen LogP contribution in [0, 0.1) is 0 Å². The lowest BCUT2D eigenvalue weighted by Crippen LogP contribution is -1.87. The van der Waals surface area contributed by atoms with Crippen LogP contribution in [0.5, 0.6) is 0 Å². The van der Waals surface area contributed by atoms with Gasteiger partial charge in [0.1, 0.15) is 5.76 Å². The molecule has 0 radical (unpaired) electrons. The van der Waals surface area contributed by atoms with Gasteiger partial charge in [0.05, 0.1) is 18.7 Å². The van der Waals surface area contributed by atoms with Crippen LogP contribution in [0.2, 0.25) is 0 Å². The van der Waals surface area contributed by atoms with Crippen molar-refractivity contribution in [3.8, 4) is 0 Å². The van der Waals surface area contributed by atoms with Gasteiger partial charge in [-0.05, 0) is 36.1 Å². The molecule has 0 saturated carbocycles. The minimum absolute atomic E-state index is 0.707. The third-order valence-electron chi connectivity index (χ3n) is 3.49. The summed E-state index contributed by atoms with van der Waals surface area (Å²) >= 11 is 0. The quantitative estimate of drug-likeness (QED) is 0.331. The highest BCUT2D eigenvalue weighted by Gasteiger charge is 1.96. The summed E-state index contributed by atoms with van der Waals surface area (Å²) in [6, 6.07) is 14.0. The molecule has 0 fully saturated rings. The number of allylic oxidation sites excluding steroid dienone is 1. The number of benzene rings is 1. The number of nitrogens with zero attached hydrogens (tertiary/aromatic N) is 2. The number of rotatable bonds is 9. The Morgan fingerprint density at radius 1 is 1.00 bits per heavy atom. The number of furan rings is 1. The van der Waals surface area contributed by atoms with Crippen molar-refractivity contribution in [1.29, 1.82) is 0 Å². The molecule has 3 nitrogen and oxygen atoms in total. The Labute approximate surface area is 138 Å². The number of hydrogen-bond donors (Lipinski definition) is 0. The second kappa shape index (κ2) is 10.3. The van der Waals surface area contributed by atoms with Crippen molar-refractivity contribution in [2.45, 2.75) is 39.0 Å². The molecule has 120 valence electrons. The van der Waals surface area contributed by atoms with Crippen molar-refractivity contribution in [3.05, 3.63) is 65.6 Å². The SMILES string of the molecule is CCCCCCC(/C=N\N=C\c1ccco1)=C/c1ccccc1. The van der Waals surface area contributed by atoms with Gasteiger partial charge in [0.25, 0.3) is 0 Å². The van der Waals surface area contributed by atoms with Gasteiger partial charge in [0.2, 0.25) is 0 Å². The number of hydrogen-bond acceptors (Lipinski definition) is 3. The minimum atomic E-state index is 0.707. The van der Waals surface area contributed by atoms with Gasteiger partial charge in [-0.15, -0.1) is 0 Å². The highest BCUT2D eigenvalue weighted by atomic mass is 16.3. The molecule has 2 rings (SSSR count). The molecule has 0 N–H and O–H groups in total. The Bertz CT molecular complexity index is 625. The molecule has 0 saturated heterocycles. The molecule has 3 heteroatoms. The Balaban J connectivity index is 1.99. The van der Waals surface area contributed by atoms with Gasteiger partial charge in [-0.1, -0.05) is 62.6 Å². The first-order valence-electron chi connectivity index (χ1n) is 8.24. The summed E-state index contributed by atoms with van der Waals surface area (Å²) in [6.07, 6.45) is 13.3. The molecule has 0 unspecified atom stereocenters. The van der Waals surface area contributed by atoms with Crippen LogP contribution in [0.3, 0.4) is 0 Å². The van der Waals surface area contributed by atoms with Crippen molar-refractivity contribution in [1.82, 2.24) is 0 Å². The molecule has 0 aliphatic carbocycles. The average molecular weight is 308 g/mol. The van der Waals surface area contributed by atoms with E-state index < -0.39 is 0 Å². The molecule has 23 heavy (non-hydrogen) atoms. The largest absolute Gasteiger partial charge is 0.463 e. The third kappa shape index (κ3) is 6.92. The first-order chi connectivity index (χ1) is 11.4. The van der Waals surface area contributed by atoms with Gasteiger partial charge >= 0.3 is 0 Å². The van der Waals surface area contributed by atoms with Gasteiger partial charge in [-0.25, -0.2) is 0 Å². The van der Waals surface area contributed by atoms with E-state index in [0.717, 1.165) is 6.42 Å². The van der Waals surface area contributed by atoms with Crippen molar-refractivity contribution >= 4 is 18.5 Å². The van der Waals surface area contributed by atoms with Crippen molar-refractivity contribution < 1.29 is 4.42 Å². The fourth-order valence-corrected chi connectivity index (χ4v) is 2.26. The molecule has 0 spiro atoms. The molecule has 0 aliphatic rings. The van der Waals surface area contributed by atoms with Gasteiger partial charge in [0.15, 0.2) is 0 Å². The molecular formula is C20H24N2O. The molecule has 0 aliphatic heterocycles. The Morgan fingerprint density at radius 3 is 2.61 bits per heavy atom. The summed E-state index contributed by atoms with van der Waals surface area (Å²) in [4.78, 5) is 0. The zero-order valence-electron chi connectivity index (χ0n) is 13.7. The van der Waals surface area contributed by atoms with Gasteiger partial charge in [-0.2, -0.15) is 10.2 Å². The lowest BCUT2D eigenvalue weighted by molar-refractivity contribution is 0.560. The van der Waals surface area contributed by atoms with Crippen LogP contribution in [-0.4, -0.2) is 12.4 Å². The molecule has 1 aromatic carbocycles. The van der Waals surface area contributed by atoms with E-state index in [0.29, 0.717) is 5.76 Å². The molecule has 0 atom stereocenters. The second-order valence-corrected chi connectivity index (χ2v) is 5.45. The highest BCUT2D eigenvalue weighted by Crippen LogP contribution is 2.13. The molecular weight excluding hydrogens is 284 g/mol. The van der Waals surface area contributed by atoms with Gasteiger partial charge in [-0.3, -0.25) is 0 Å². The van der Waals surface area contributed by atoms with Crippen LogP contribution >= 0.6 is 0 Å². The Kier molecular flexibility index (Phi) is 7.61. The van der Waals surface area contributed by atoms with Gasteiger partial charge < -0.3 is 4.42 Å². The predicted molar refractivity (Wildman–Crippen MR) is 98.0 cm³/mol. The fraction of sp³-hybridized carbons (Fsp3) is 0.300. The number of unbranched alkanes of at least 4 members (excludes halogenated alkanes) is 3. The maximum atomic E-state index is 5.19. The first-order valence-corrected chi connectivity index (χ1v) is 8.24. The normalized spacial score (nSPS) is 12.5. The first kappa shape index (κ1) is 16.9. The van der Waals surface area contributed by atoms with E-state index in [4.69, 9.17) is 4.42 Å². The van der Waals surface area contributed by atoms with Gasteiger partial charge in [0, 0.05) is 0 Å². The summed E-state index contributed by atoms with van der Waals surface area (Å²) in [6.45, 7) is 2.23. The maximum absolute atomic E-state index is 5.19. The fourth-order valence-electron chi connectivity index (χ4n) is 2.26. The summed E-state index contributed by atoms with van der Waals surface area (Å²) in [5, 5.41) is 8.21. The van der Waals surface area contributed by atoms with Crippen LogP contribution in [0.25, 0.3) is 6.08 Å². The van der Waals surface area contributed by atoms with E-state index in [2.05, 4.69) is 35.3 Å². The highest BCUT2D eigenvalue weighted by molar-refractivity contribution is 5.86. The summed E-state index contributed by atoms with van der Waals surface area (Å²) in [5.74, 6) is 0.707. The van der Waals surface area contributed by atoms with E-state index in [-0.39, 0.29) is 0 Å². The van der Waals surface area contributed by atoms with E-state index in [9.17, 15) is 0 Å². The second-order valence-electron chi connectivity index (χ2n) is 5.45. The molecule has 0 amide bonds. The molecule has 1 heterocycles. The van der Waals surface area contributed by atoms with E-state index in [1.54, 1.807) is 12.5 Å². The average Bonchev–Trinajstić information content (AvgIpc) is 3.09. The smallest absolute Gasteiger partial charge is 0.146 e. The van der Waals surface area contributed by atoms with Crippen molar-refractivity contribution in [3.63, 3.8) is 0 Å². The van der Waals surface area contributed by atoms with Crippen LogP contribution in [-0.2, 0) is 0 Å². The summed E-state index contributed by atoms with van der Waals surface area (Å²) in [7, 11) is 0. The Morgan fingerprint density at radius 2 is 1.87 bits per heavy atom. The molecule has 0 bridgehead atoms. The lowest BCUT2D eigenvalue weighted by atomic mass is 10.0. The standard InChI is InChI=1S/C20H24N2O/c1-2-3-4-6-12-19(15-18-10-7-5-8-11-18)16-21-22-17-20-13-9-14-23-20/h5,7-11,13-17H,2-4,6,12H2,1H3/b19-15-,21-16-,22-17+. The summed E-state index contributed by atoms with van der Waals surface area (Å²) < 4.78 is 5.19. The van der Waals surface area contributed by atoms with E-state index in [1.807, 2.05) is 36.5 Å². The zero-order chi connectivity index (χ0) is 16.2. The van der Waals surface area contributed by atoms with Crippen molar-refractivity contribution in [2.75, 3.05) is 0 Å². The third-order valence-corrected chi connectivity index (χ3v) is 3.49. The lowest BCUT2D eigenvalue weighted by Gasteiger charge is -2.02. The van der Waals surface area contributed by atoms with E-state index in [1.165, 1.54) is 36.8 Å². The van der Waals surface area contributed by atoms with Crippen LogP contribution in [0.1, 0.15) is 50.4 Å². The van der Waals surface area contributed by atoms with Crippen LogP contribution < -0.4 is 0 Å². The summed E-state index contributed by atoms with van der Waals surface area (Å²) in [5.41, 5.74) is 2.39. The topological polar surface area (TPSA) is 37.9 Å².